The van der Waals surface area contributed by atoms with Gasteiger partial charge in [-0.1, -0.05) is 152 Å². The van der Waals surface area contributed by atoms with Crippen LogP contribution < -0.4 is 0 Å². The normalized spacial score (nSPS) is 20.0. The van der Waals surface area contributed by atoms with E-state index in [4.69, 9.17) is 18.9 Å². The van der Waals surface area contributed by atoms with Crippen LogP contribution in [0, 0.1) is 0 Å². The lowest BCUT2D eigenvalue weighted by Crippen LogP contribution is -2.64. The molecule has 0 unspecified atom stereocenters. The van der Waals surface area contributed by atoms with Crippen LogP contribution in [0.3, 0.4) is 0 Å². The van der Waals surface area contributed by atoms with E-state index in [2.05, 4.69) is 120 Å². The Bertz CT molecular complexity index is 1530. The van der Waals surface area contributed by atoms with Crippen molar-refractivity contribution < 1.29 is 18.9 Å². The molecule has 236 valence electrons. The number of ether oxygens (including phenoxy) is 4. The lowest BCUT2D eigenvalue weighted by atomic mass is 9.92. The number of hydrogen-bond acceptors (Lipinski definition) is 5. The van der Waals surface area contributed by atoms with Gasteiger partial charge < -0.3 is 18.9 Å². The van der Waals surface area contributed by atoms with Gasteiger partial charge in [-0.25, -0.2) is 0 Å². The van der Waals surface area contributed by atoms with Gasteiger partial charge in [0.1, 0.15) is 12.2 Å². The Morgan fingerprint density at radius 3 is 1.30 bits per heavy atom. The van der Waals surface area contributed by atoms with Crippen LogP contribution in [-0.4, -0.2) is 42.4 Å². The highest BCUT2D eigenvalue weighted by Gasteiger charge is 2.46. The van der Waals surface area contributed by atoms with Crippen molar-refractivity contribution in [2.24, 2.45) is 0 Å². The number of nitrogens with zero attached hydrogens (tertiary/aromatic N) is 1. The van der Waals surface area contributed by atoms with Crippen LogP contribution in [0.5, 0.6) is 0 Å². The average Bonchev–Trinajstić information content (AvgIpc) is 3.12. The number of likely N-dealkylation sites (tertiary alicyclic amines) is 1. The molecule has 0 saturated carbocycles. The summed E-state index contributed by atoms with van der Waals surface area (Å²) in [6, 6.07) is 51.9. The van der Waals surface area contributed by atoms with Gasteiger partial charge in [0.2, 0.25) is 0 Å². The minimum atomic E-state index is -0.315. The van der Waals surface area contributed by atoms with Gasteiger partial charge in [0.15, 0.2) is 0 Å². The Hall–Kier alpha value is -4.10. The molecule has 5 aromatic carbocycles. The van der Waals surface area contributed by atoms with E-state index in [1.54, 1.807) is 0 Å². The third-order valence-corrected chi connectivity index (χ3v) is 8.46. The highest BCUT2D eigenvalue weighted by Crippen LogP contribution is 2.30. The Labute approximate surface area is 273 Å². The maximum atomic E-state index is 6.91. The predicted molar refractivity (Wildman–Crippen MR) is 182 cm³/mol. The van der Waals surface area contributed by atoms with E-state index in [0.29, 0.717) is 39.6 Å². The second-order valence-corrected chi connectivity index (χ2v) is 11.8. The second kappa shape index (κ2) is 17.0. The largest absolute Gasteiger partial charge is 0.375 e. The van der Waals surface area contributed by atoms with E-state index in [1.807, 2.05) is 36.4 Å². The van der Waals surface area contributed by atoms with Crippen molar-refractivity contribution in [1.82, 2.24) is 4.90 Å². The summed E-state index contributed by atoms with van der Waals surface area (Å²) in [5, 5.41) is 0. The SMILES string of the molecule is c1ccc(COC[C@H]2[C@@H](OCc3ccccc3)[C@H](OCc3ccccc3)[C@@H](OCc3ccccc3)CN2Cc2ccccc2)cc1. The fourth-order valence-electron chi connectivity index (χ4n) is 6.05. The number of hydrogen-bond donors (Lipinski definition) is 0. The highest BCUT2D eigenvalue weighted by atomic mass is 16.6. The van der Waals surface area contributed by atoms with Gasteiger partial charge in [0.25, 0.3) is 0 Å². The Balaban J connectivity index is 1.31. The first-order chi connectivity index (χ1) is 22.8. The maximum absolute atomic E-state index is 6.91. The van der Waals surface area contributed by atoms with E-state index in [-0.39, 0.29) is 24.4 Å². The van der Waals surface area contributed by atoms with Gasteiger partial charge in [-0.3, -0.25) is 4.90 Å². The van der Waals surface area contributed by atoms with E-state index in [0.717, 1.165) is 28.8 Å². The Kier molecular flexibility index (Phi) is 11.8. The zero-order valence-electron chi connectivity index (χ0n) is 26.3. The van der Waals surface area contributed by atoms with Crippen molar-refractivity contribution in [3.05, 3.63) is 179 Å². The molecule has 0 aromatic heterocycles. The van der Waals surface area contributed by atoms with Crippen LogP contribution in [0.25, 0.3) is 0 Å². The maximum Gasteiger partial charge on any atom is 0.113 e. The zero-order chi connectivity index (χ0) is 31.2. The van der Waals surface area contributed by atoms with Crippen molar-refractivity contribution in [3.63, 3.8) is 0 Å². The molecule has 1 saturated heterocycles. The molecular weight excluding hydrogens is 570 g/mol. The third kappa shape index (κ3) is 9.23. The minimum Gasteiger partial charge on any atom is -0.375 e. The standard InChI is InChI=1S/C41H43NO4/c1-6-16-33(17-7-1)26-42-27-39(44-29-35-20-10-3-11-21-35)41(46-31-37-24-14-5-15-25-37)40(45-30-36-22-12-4-13-23-36)38(42)32-43-28-34-18-8-2-9-19-34/h1-25,38-41H,26-32H2/t38-,39-,40+,41+/m0/s1. The van der Waals surface area contributed by atoms with Crippen LogP contribution in [-0.2, 0) is 51.9 Å². The van der Waals surface area contributed by atoms with Crippen molar-refractivity contribution >= 4 is 0 Å². The third-order valence-electron chi connectivity index (χ3n) is 8.46. The number of rotatable bonds is 15. The monoisotopic (exact) mass is 613 g/mol. The highest BCUT2D eigenvalue weighted by molar-refractivity contribution is 5.18. The molecule has 0 aliphatic carbocycles. The molecule has 0 spiro atoms. The fraction of sp³-hybridized carbons (Fsp3) is 0.268. The lowest BCUT2D eigenvalue weighted by Gasteiger charge is -2.48. The molecule has 1 fully saturated rings. The first kappa shape index (κ1) is 31.9. The molecular formula is C41H43NO4. The zero-order valence-corrected chi connectivity index (χ0v) is 26.3. The van der Waals surface area contributed by atoms with Crippen LogP contribution >= 0.6 is 0 Å². The summed E-state index contributed by atoms with van der Waals surface area (Å²) in [5.41, 5.74) is 5.76. The first-order valence-corrected chi connectivity index (χ1v) is 16.2. The number of benzene rings is 5. The predicted octanol–water partition coefficient (Wildman–Crippen LogP) is 7.84. The van der Waals surface area contributed by atoms with Gasteiger partial charge in [0, 0.05) is 13.1 Å². The molecule has 1 aliphatic heterocycles. The summed E-state index contributed by atoms with van der Waals surface area (Å²) >= 11 is 0. The summed E-state index contributed by atoms with van der Waals surface area (Å²) in [6.45, 7) is 3.90. The fourth-order valence-corrected chi connectivity index (χ4v) is 6.05. The molecule has 5 heteroatoms. The first-order valence-electron chi connectivity index (χ1n) is 16.2. The molecule has 5 aromatic rings. The minimum absolute atomic E-state index is 0.0648. The number of piperidine rings is 1. The van der Waals surface area contributed by atoms with Gasteiger partial charge in [-0.15, -0.1) is 0 Å². The molecule has 6 rings (SSSR count). The molecule has 46 heavy (non-hydrogen) atoms. The lowest BCUT2D eigenvalue weighted by molar-refractivity contribution is -0.212. The van der Waals surface area contributed by atoms with Crippen molar-refractivity contribution in [1.29, 1.82) is 0 Å². The topological polar surface area (TPSA) is 40.2 Å². The van der Waals surface area contributed by atoms with Crippen molar-refractivity contribution in [2.75, 3.05) is 13.2 Å². The Morgan fingerprint density at radius 1 is 0.435 bits per heavy atom. The van der Waals surface area contributed by atoms with E-state index in [9.17, 15) is 0 Å². The second-order valence-electron chi connectivity index (χ2n) is 11.8. The van der Waals surface area contributed by atoms with Gasteiger partial charge in [0.05, 0.1) is 45.2 Å². The van der Waals surface area contributed by atoms with Gasteiger partial charge in [-0.05, 0) is 27.8 Å². The summed E-state index contributed by atoms with van der Waals surface area (Å²) in [4.78, 5) is 2.47. The molecule has 0 bridgehead atoms. The van der Waals surface area contributed by atoms with Gasteiger partial charge >= 0.3 is 0 Å². The molecule has 1 heterocycles. The molecule has 4 atom stereocenters. The van der Waals surface area contributed by atoms with E-state index < -0.39 is 0 Å². The molecule has 0 N–H and O–H groups in total. The van der Waals surface area contributed by atoms with E-state index in [1.165, 1.54) is 5.56 Å². The van der Waals surface area contributed by atoms with Crippen molar-refractivity contribution in [2.45, 2.75) is 57.3 Å². The molecule has 0 amide bonds. The summed E-state index contributed by atoms with van der Waals surface area (Å²) in [7, 11) is 0. The molecule has 0 radical (unpaired) electrons. The quantitative estimate of drug-likeness (QED) is 0.120. The van der Waals surface area contributed by atoms with Crippen LogP contribution in [0.4, 0.5) is 0 Å². The van der Waals surface area contributed by atoms with Gasteiger partial charge in [-0.2, -0.15) is 0 Å². The van der Waals surface area contributed by atoms with Crippen LogP contribution in [0.2, 0.25) is 0 Å². The van der Waals surface area contributed by atoms with Crippen LogP contribution in [0.1, 0.15) is 27.8 Å². The smallest absolute Gasteiger partial charge is 0.113 e. The summed E-state index contributed by atoms with van der Waals surface area (Å²) in [6.07, 6.45) is -0.846. The molecule has 5 nitrogen and oxygen atoms in total. The summed E-state index contributed by atoms with van der Waals surface area (Å²) in [5.74, 6) is 0. The molecule has 1 aliphatic rings. The Morgan fingerprint density at radius 2 is 0.826 bits per heavy atom. The van der Waals surface area contributed by atoms with Crippen molar-refractivity contribution in [3.8, 4) is 0 Å². The summed E-state index contributed by atoms with van der Waals surface area (Å²) < 4.78 is 27.0. The average molecular weight is 614 g/mol. The van der Waals surface area contributed by atoms with E-state index >= 15 is 0 Å². The van der Waals surface area contributed by atoms with Crippen LogP contribution in [0.15, 0.2) is 152 Å².